The van der Waals surface area contributed by atoms with Gasteiger partial charge in [-0.1, -0.05) is 12.1 Å². The Hall–Kier alpha value is -2.57. The second kappa shape index (κ2) is 7.13. The zero-order chi connectivity index (χ0) is 15.1. The fourth-order valence-electron chi connectivity index (χ4n) is 1.47. The highest BCUT2D eigenvalue weighted by Crippen LogP contribution is 2.15. The van der Waals surface area contributed by atoms with E-state index in [1.165, 1.54) is 27.2 Å². The summed E-state index contributed by atoms with van der Waals surface area (Å²) in [6, 6.07) is 4.95. The molecule has 0 saturated heterocycles. The first kappa shape index (κ1) is 15.5. The van der Waals surface area contributed by atoms with E-state index in [1.54, 1.807) is 18.2 Å². The maximum absolute atomic E-state index is 11.7. The fourth-order valence-corrected chi connectivity index (χ4v) is 1.47. The molecule has 0 bridgehead atoms. The van der Waals surface area contributed by atoms with E-state index in [9.17, 15) is 14.4 Å². The molecule has 1 rings (SSSR count). The van der Waals surface area contributed by atoms with Gasteiger partial charge in [0.1, 0.15) is 6.04 Å². The van der Waals surface area contributed by atoms with Crippen molar-refractivity contribution >= 4 is 23.7 Å². The first-order valence-electron chi connectivity index (χ1n) is 5.82. The Morgan fingerprint density at radius 3 is 2.35 bits per heavy atom. The first-order chi connectivity index (χ1) is 9.49. The molecule has 0 fully saturated rings. The largest absolute Gasteiger partial charge is 0.467 e. The molecule has 0 radical (unpaired) electrons. The number of amides is 2. The Morgan fingerprint density at radius 2 is 1.75 bits per heavy atom. The average molecular weight is 280 g/mol. The molecule has 1 aromatic rings. The van der Waals surface area contributed by atoms with Gasteiger partial charge in [-0.05, 0) is 19.1 Å². The first-order valence-corrected chi connectivity index (χ1v) is 5.82. The van der Waals surface area contributed by atoms with Crippen LogP contribution in [-0.2, 0) is 14.3 Å². The van der Waals surface area contributed by atoms with Gasteiger partial charge < -0.3 is 20.1 Å². The number of nitrogens with one attached hydrogen (secondary N) is 2. The second-order valence-electron chi connectivity index (χ2n) is 3.88. The molecule has 108 valence electrons. The normalized spacial score (nSPS) is 11.2. The van der Waals surface area contributed by atoms with Crippen LogP contribution in [0.3, 0.4) is 0 Å². The Bertz CT molecular complexity index is 515. The minimum Gasteiger partial charge on any atom is -0.467 e. The quantitative estimate of drug-likeness (QED) is 0.807. The number of urea groups is 1. The van der Waals surface area contributed by atoms with Crippen LogP contribution in [0.1, 0.15) is 17.3 Å². The molecule has 7 nitrogen and oxygen atoms in total. The molecule has 2 N–H and O–H groups in total. The molecule has 7 heteroatoms. The third-order valence-electron chi connectivity index (χ3n) is 2.48. The van der Waals surface area contributed by atoms with E-state index in [1.807, 2.05) is 0 Å². The molecule has 0 saturated carbocycles. The molecule has 0 spiro atoms. The van der Waals surface area contributed by atoms with Crippen molar-refractivity contribution in [1.82, 2.24) is 5.32 Å². The van der Waals surface area contributed by atoms with Crippen LogP contribution in [0.2, 0.25) is 0 Å². The number of esters is 2. The van der Waals surface area contributed by atoms with Crippen LogP contribution in [0.4, 0.5) is 10.5 Å². The van der Waals surface area contributed by atoms with Crippen LogP contribution < -0.4 is 10.6 Å². The number of para-hydroxylation sites is 1. The van der Waals surface area contributed by atoms with Crippen LogP contribution in [0, 0.1) is 0 Å². The van der Waals surface area contributed by atoms with E-state index in [2.05, 4.69) is 20.1 Å². The third kappa shape index (κ3) is 3.98. The van der Waals surface area contributed by atoms with Gasteiger partial charge >= 0.3 is 18.0 Å². The zero-order valence-electron chi connectivity index (χ0n) is 11.4. The number of carbonyl (C=O) groups excluding carboxylic acids is 3. The van der Waals surface area contributed by atoms with Gasteiger partial charge in [0.25, 0.3) is 0 Å². The van der Waals surface area contributed by atoms with Crippen molar-refractivity contribution in [3.05, 3.63) is 29.8 Å². The third-order valence-corrected chi connectivity index (χ3v) is 2.48. The highest BCUT2D eigenvalue weighted by atomic mass is 16.5. The summed E-state index contributed by atoms with van der Waals surface area (Å²) >= 11 is 0. The van der Waals surface area contributed by atoms with Crippen molar-refractivity contribution in [2.75, 3.05) is 19.5 Å². The number of hydrogen-bond donors (Lipinski definition) is 2. The Labute approximate surface area is 116 Å². The van der Waals surface area contributed by atoms with Crippen LogP contribution in [-0.4, -0.2) is 38.2 Å². The van der Waals surface area contributed by atoms with Gasteiger partial charge in [-0.3, -0.25) is 0 Å². The lowest BCUT2D eigenvalue weighted by molar-refractivity contribution is -0.142. The molecular formula is C13H16N2O5. The van der Waals surface area contributed by atoms with E-state index in [0.717, 1.165) is 0 Å². The minimum absolute atomic E-state index is 0.218. The van der Waals surface area contributed by atoms with Crippen molar-refractivity contribution in [1.29, 1.82) is 0 Å². The summed E-state index contributed by atoms with van der Waals surface area (Å²) in [5.74, 6) is -1.14. The number of anilines is 1. The van der Waals surface area contributed by atoms with Crippen molar-refractivity contribution in [2.24, 2.45) is 0 Å². The van der Waals surface area contributed by atoms with E-state index in [4.69, 9.17) is 0 Å². The molecule has 0 aliphatic rings. The summed E-state index contributed by atoms with van der Waals surface area (Å²) < 4.78 is 9.10. The van der Waals surface area contributed by atoms with Gasteiger partial charge in [0.15, 0.2) is 0 Å². The van der Waals surface area contributed by atoms with Crippen molar-refractivity contribution in [2.45, 2.75) is 13.0 Å². The summed E-state index contributed by atoms with van der Waals surface area (Å²) in [4.78, 5) is 34.4. The van der Waals surface area contributed by atoms with Gasteiger partial charge in [-0.2, -0.15) is 0 Å². The summed E-state index contributed by atoms with van der Waals surface area (Å²) in [6.07, 6.45) is 0. The average Bonchev–Trinajstić information content (AvgIpc) is 2.45. The highest BCUT2D eigenvalue weighted by molar-refractivity contribution is 6.01. The Morgan fingerprint density at radius 1 is 1.10 bits per heavy atom. The van der Waals surface area contributed by atoms with Crippen molar-refractivity contribution in [3.8, 4) is 0 Å². The second-order valence-corrected chi connectivity index (χ2v) is 3.88. The lowest BCUT2D eigenvalue weighted by Gasteiger charge is -2.14. The summed E-state index contributed by atoms with van der Waals surface area (Å²) in [5, 5.41) is 4.86. The van der Waals surface area contributed by atoms with Gasteiger partial charge in [-0.15, -0.1) is 0 Å². The van der Waals surface area contributed by atoms with Crippen LogP contribution in [0.5, 0.6) is 0 Å². The minimum atomic E-state index is -0.801. The molecular weight excluding hydrogens is 264 g/mol. The summed E-state index contributed by atoms with van der Waals surface area (Å²) in [6.45, 7) is 1.48. The molecule has 1 aromatic carbocycles. The number of methoxy groups -OCH3 is 2. The maximum atomic E-state index is 11.7. The zero-order valence-corrected chi connectivity index (χ0v) is 11.4. The lowest BCUT2D eigenvalue weighted by Crippen LogP contribution is -2.41. The Balaban J connectivity index is 2.76. The number of benzene rings is 1. The van der Waals surface area contributed by atoms with E-state index < -0.39 is 24.0 Å². The van der Waals surface area contributed by atoms with Crippen LogP contribution >= 0.6 is 0 Å². The number of ether oxygens (including phenoxy) is 2. The van der Waals surface area contributed by atoms with Crippen LogP contribution in [0.15, 0.2) is 24.3 Å². The van der Waals surface area contributed by atoms with Gasteiger partial charge in [-0.25, -0.2) is 14.4 Å². The number of carbonyl (C=O) groups is 3. The van der Waals surface area contributed by atoms with E-state index in [0.29, 0.717) is 0 Å². The molecule has 2 amide bonds. The molecule has 0 aliphatic heterocycles. The standard InChI is InChI=1S/C13H16N2O5/c1-8(11(16)19-2)14-13(18)15-10-7-5-4-6-9(10)12(17)20-3/h4-8H,1-3H3,(H2,14,15,18)/t8-/m0/s1. The van der Waals surface area contributed by atoms with E-state index >= 15 is 0 Å². The highest BCUT2D eigenvalue weighted by Gasteiger charge is 2.17. The van der Waals surface area contributed by atoms with Crippen molar-refractivity contribution < 1.29 is 23.9 Å². The lowest BCUT2D eigenvalue weighted by atomic mass is 10.2. The van der Waals surface area contributed by atoms with Crippen LogP contribution in [0.25, 0.3) is 0 Å². The topological polar surface area (TPSA) is 93.7 Å². The summed E-state index contributed by atoms with van der Waals surface area (Å²) in [5.41, 5.74) is 0.504. The molecule has 0 unspecified atom stereocenters. The van der Waals surface area contributed by atoms with Crippen molar-refractivity contribution in [3.63, 3.8) is 0 Å². The number of hydrogen-bond acceptors (Lipinski definition) is 5. The fraction of sp³-hybridized carbons (Fsp3) is 0.308. The SMILES string of the molecule is COC(=O)c1ccccc1NC(=O)N[C@@H](C)C(=O)OC. The molecule has 0 aromatic heterocycles. The molecule has 1 atom stereocenters. The van der Waals surface area contributed by atoms with Gasteiger partial charge in [0.2, 0.25) is 0 Å². The molecule has 0 aliphatic carbocycles. The molecule has 20 heavy (non-hydrogen) atoms. The summed E-state index contributed by atoms with van der Waals surface area (Å²) in [7, 11) is 2.48. The smallest absolute Gasteiger partial charge is 0.339 e. The predicted molar refractivity (Wildman–Crippen MR) is 71.4 cm³/mol. The molecule has 0 heterocycles. The maximum Gasteiger partial charge on any atom is 0.339 e. The Kier molecular flexibility index (Phi) is 5.52. The number of rotatable bonds is 4. The van der Waals surface area contributed by atoms with Gasteiger partial charge in [0, 0.05) is 0 Å². The monoisotopic (exact) mass is 280 g/mol. The predicted octanol–water partition coefficient (Wildman–Crippen LogP) is 1.16. The van der Waals surface area contributed by atoms with Gasteiger partial charge in [0.05, 0.1) is 25.5 Å². The van der Waals surface area contributed by atoms with E-state index in [-0.39, 0.29) is 11.3 Å².